The molecule has 3 rings (SSSR count). The summed E-state index contributed by atoms with van der Waals surface area (Å²) in [6, 6.07) is 8.69. The van der Waals surface area contributed by atoms with Crippen LogP contribution in [0.15, 0.2) is 24.3 Å². The summed E-state index contributed by atoms with van der Waals surface area (Å²) < 4.78 is 0. The number of piperazine rings is 1. The first-order valence-corrected chi connectivity index (χ1v) is 7.57. The van der Waals surface area contributed by atoms with Crippen LogP contribution in [0.4, 0.5) is 5.69 Å². The summed E-state index contributed by atoms with van der Waals surface area (Å²) in [7, 11) is 0. The summed E-state index contributed by atoms with van der Waals surface area (Å²) in [6.45, 7) is 3.94. The first-order chi connectivity index (χ1) is 9.22. The van der Waals surface area contributed by atoms with Gasteiger partial charge in [-0.05, 0) is 43.3 Å². The van der Waals surface area contributed by atoms with Crippen LogP contribution in [-0.2, 0) is 0 Å². The standard InChI is InChI=1S/C14H18ClN3S/c15-11-2-1-3-13(10-11)17-6-8-18(9-7-17)14(19)16-12-4-5-12/h1-3,10,12H,4-9H2,(H,16,19). The van der Waals surface area contributed by atoms with Gasteiger partial charge >= 0.3 is 0 Å². The van der Waals surface area contributed by atoms with Gasteiger partial charge in [0, 0.05) is 42.9 Å². The van der Waals surface area contributed by atoms with Gasteiger partial charge in [0.1, 0.15) is 0 Å². The Morgan fingerprint density at radius 1 is 1.21 bits per heavy atom. The second-order valence-corrected chi connectivity index (χ2v) is 6.00. The Morgan fingerprint density at radius 2 is 1.95 bits per heavy atom. The SMILES string of the molecule is S=C(NC1CC1)N1CCN(c2cccc(Cl)c2)CC1. The first-order valence-electron chi connectivity index (χ1n) is 6.78. The smallest absolute Gasteiger partial charge is 0.169 e. The molecule has 0 spiro atoms. The van der Waals surface area contributed by atoms with E-state index in [1.54, 1.807) is 0 Å². The summed E-state index contributed by atoms with van der Waals surface area (Å²) in [5, 5.41) is 5.13. The van der Waals surface area contributed by atoms with Gasteiger partial charge in [0.15, 0.2) is 5.11 Å². The zero-order valence-electron chi connectivity index (χ0n) is 10.8. The maximum atomic E-state index is 6.04. The van der Waals surface area contributed by atoms with E-state index < -0.39 is 0 Å². The van der Waals surface area contributed by atoms with E-state index >= 15 is 0 Å². The number of hydrogen-bond acceptors (Lipinski definition) is 2. The van der Waals surface area contributed by atoms with Gasteiger partial charge in [-0.3, -0.25) is 0 Å². The van der Waals surface area contributed by atoms with Crippen LogP contribution in [0.3, 0.4) is 0 Å². The van der Waals surface area contributed by atoms with Crippen LogP contribution in [0.1, 0.15) is 12.8 Å². The first kappa shape index (κ1) is 13.0. The molecule has 1 aliphatic carbocycles. The molecule has 0 atom stereocenters. The lowest BCUT2D eigenvalue weighted by Crippen LogP contribution is -2.52. The molecule has 0 aromatic heterocycles. The fourth-order valence-electron chi connectivity index (χ4n) is 2.33. The summed E-state index contributed by atoms with van der Waals surface area (Å²) in [5.41, 5.74) is 1.20. The fourth-order valence-corrected chi connectivity index (χ4v) is 2.87. The van der Waals surface area contributed by atoms with Crippen molar-refractivity contribution >= 4 is 34.6 Å². The van der Waals surface area contributed by atoms with E-state index in [1.165, 1.54) is 18.5 Å². The van der Waals surface area contributed by atoms with Crippen LogP contribution >= 0.6 is 23.8 Å². The lowest BCUT2D eigenvalue weighted by atomic mass is 10.2. The average molecular weight is 296 g/mol. The molecular formula is C14H18ClN3S. The van der Waals surface area contributed by atoms with Gasteiger partial charge in [0.05, 0.1) is 0 Å². The van der Waals surface area contributed by atoms with Gasteiger partial charge in [-0.15, -0.1) is 0 Å². The largest absolute Gasteiger partial charge is 0.368 e. The molecule has 1 heterocycles. The van der Waals surface area contributed by atoms with E-state index in [0.717, 1.165) is 36.3 Å². The van der Waals surface area contributed by atoms with E-state index in [0.29, 0.717) is 6.04 Å². The molecule has 0 bridgehead atoms. The van der Waals surface area contributed by atoms with Crippen LogP contribution in [0, 0.1) is 0 Å². The minimum Gasteiger partial charge on any atom is -0.368 e. The van der Waals surface area contributed by atoms with Crippen molar-refractivity contribution in [3.8, 4) is 0 Å². The number of benzene rings is 1. The Hall–Kier alpha value is -1.00. The highest BCUT2D eigenvalue weighted by molar-refractivity contribution is 7.80. The number of hydrogen-bond donors (Lipinski definition) is 1. The van der Waals surface area contributed by atoms with Crippen molar-refractivity contribution in [2.75, 3.05) is 31.1 Å². The van der Waals surface area contributed by atoms with Crippen LogP contribution in [0.25, 0.3) is 0 Å². The Kier molecular flexibility index (Phi) is 3.80. The van der Waals surface area contributed by atoms with Crippen LogP contribution in [0.2, 0.25) is 5.02 Å². The normalized spacial score (nSPS) is 19.4. The zero-order chi connectivity index (χ0) is 13.2. The van der Waals surface area contributed by atoms with E-state index in [1.807, 2.05) is 18.2 Å². The minimum absolute atomic E-state index is 0.637. The van der Waals surface area contributed by atoms with Crippen molar-refractivity contribution in [1.82, 2.24) is 10.2 Å². The minimum atomic E-state index is 0.637. The molecule has 1 aromatic rings. The second-order valence-electron chi connectivity index (χ2n) is 5.18. The molecule has 1 aliphatic heterocycles. The zero-order valence-corrected chi connectivity index (χ0v) is 12.4. The molecule has 2 aliphatic rings. The van der Waals surface area contributed by atoms with Crippen molar-refractivity contribution < 1.29 is 0 Å². The molecule has 3 nitrogen and oxygen atoms in total. The summed E-state index contributed by atoms with van der Waals surface area (Å²) in [5.74, 6) is 0. The third-order valence-corrected chi connectivity index (χ3v) is 4.26. The second kappa shape index (κ2) is 5.55. The molecule has 19 heavy (non-hydrogen) atoms. The number of nitrogens with zero attached hydrogens (tertiary/aromatic N) is 2. The molecule has 2 fully saturated rings. The summed E-state index contributed by atoms with van der Waals surface area (Å²) in [4.78, 5) is 4.64. The highest BCUT2D eigenvalue weighted by atomic mass is 35.5. The third-order valence-electron chi connectivity index (χ3n) is 3.65. The molecule has 1 aromatic carbocycles. The van der Waals surface area contributed by atoms with Gasteiger partial charge in [-0.25, -0.2) is 0 Å². The number of rotatable bonds is 2. The van der Waals surface area contributed by atoms with Crippen molar-refractivity contribution in [1.29, 1.82) is 0 Å². The number of halogens is 1. The van der Waals surface area contributed by atoms with Crippen LogP contribution in [0.5, 0.6) is 0 Å². The van der Waals surface area contributed by atoms with Crippen LogP contribution < -0.4 is 10.2 Å². The van der Waals surface area contributed by atoms with Crippen molar-refractivity contribution in [3.63, 3.8) is 0 Å². The van der Waals surface area contributed by atoms with Gasteiger partial charge < -0.3 is 15.1 Å². The molecule has 1 saturated carbocycles. The Labute approximate surface area is 124 Å². The Balaban J connectivity index is 1.55. The molecule has 1 saturated heterocycles. The molecule has 0 unspecified atom stereocenters. The fraction of sp³-hybridized carbons (Fsp3) is 0.500. The van der Waals surface area contributed by atoms with E-state index in [2.05, 4.69) is 21.2 Å². The Morgan fingerprint density at radius 3 is 2.58 bits per heavy atom. The van der Waals surface area contributed by atoms with Crippen LogP contribution in [-0.4, -0.2) is 42.2 Å². The predicted molar refractivity (Wildman–Crippen MR) is 84.0 cm³/mol. The van der Waals surface area contributed by atoms with Gasteiger partial charge in [0.2, 0.25) is 0 Å². The molecule has 5 heteroatoms. The summed E-state index contributed by atoms with van der Waals surface area (Å²) in [6.07, 6.45) is 2.53. The lowest BCUT2D eigenvalue weighted by molar-refractivity contribution is 0.380. The van der Waals surface area contributed by atoms with E-state index in [9.17, 15) is 0 Å². The average Bonchev–Trinajstić information content (AvgIpc) is 3.23. The number of nitrogens with one attached hydrogen (secondary N) is 1. The molecule has 0 amide bonds. The maximum absolute atomic E-state index is 6.04. The summed E-state index contributed by atoms with van der Waals surface area (Å²) >= 11 is 11.5. The van der Waals surface area contributed by atoms with Gasteiger partial charge in [-0.2, -0.15) is 0 Å². The van der Waals surface area contributed by atoms with Crippen molar-refractivity contribution in [2.45, 2.75) is 18.9 Å². The van der Waals surface area contributed by atoms with Crippen molar-refractivity contribution in [2.24, 2.45) is 0 Å². The molecular weight excluding hydrogens is 278 g/mol. The topological polar surface area (TPSA) is 18.5 Å². The number of thiocarbonyl (C=S) groups is 1. The van der Waals surface area contributed by atoms with Crippen molar-refractivity contribution in [3.05, 3.63) is 29.3 Å². The maximum Gasteiger partial charge on any atom is 0.169 e. The molecule has 102 valence electrons. The monoisotopic (exact) mass is 295 g/mol. The highest BCUT2D eigenvalue weighted by Crippen LogP contribution is 2.22. The molecule has 1 N–H and O–H groups in total. The van der Waals surface area contributed by atoms with Gasteiger partial charge in [0.25, 0.3) is 0 Å². The highest BCUT2D eigenvalue weighted by Gasteiger charge is 2.25. The van der Waals surface area contributed by atoms with E-state index in [-0.39, 0.29) is 0 Å². The lowest BCUT2D eigenvalue weighted by Gasteiger charge is -2.37. The third kappa shape index (κ3) is 3.31. The molecule has 0 radical (unpaired) electrons. The predicted octanol–water partition coefficient (Wildman–Crippen LogP) is 2.50. The van der Waals surface area contributed by atoms with E-state index in [4.69, 9.17) is 23.8 Å². The van der Waals surface area contributed by atoms with Gasteiger partial charge in [-0.1, -0.05) is 17.7 Å². The number of anilines is 1. The Bertz CT molecular complexity index is 468. The quantitative estimate of drug-likeness (QED) is 0.845.